The lowest BCUT2D eigenvalue weighted by Gasteiger charge is -2.07. The van der Waals surface area contributed by atoms with Crippen LogP contribution in [0.25, 0.3) is 0 Å². The van der Waals surface area contributed by atoms with Crippen molar-refractivity contribution < 1.29 is 9.47 Å². The fourth-order valence-corrected chi connectivity index (χ4v) is 1.88. The molecule has 1 heterocycles. The Morgan fingerprint density at radius 2 is 2.07 bits per heavy atom. The van der Waals surface area contributed by atoms with Crippen LogP contribution in [0.15, 0.2) is 30.3 Å². The summed E-state index contributed by atoms with van der Waals surface area (Å²) in [6.45, 7) is 5.63. The van der Waals surface area contributed by atoms with E-state index in [0.29, 0.717) is 19.3 Å². The Hall–Kier alpha value is -0.860. The van der Waals surface area contributed by atoms with Crippen LogP contribution < -0.4 is 0 Å². The number of benzene rings is 1. The molecular formula is C13H18O2. The summed E-state index contributed by atoms with van der Waals surface area (Å²) in [6, 6.07) is 10.2. The van der Waals surface area contributed by atoms with Gasteiger partial charge in [-0.15, -0.1) is 0 Å². The van der Waals surface area contributed by atoms with Crippen molar-refractivity contribution in [3.63, 3.8) is 0 Å². The smallest absolute Gasteiger partial charge is 0.115 e. The molecule has 0 amide bonds. The van der Waals surface area contributed by atoms with Crippen molar-refractivity contribution in [1.82, 2.24) is 0 Å². The minimum atomic E-state index is -0.0243. The third-order valence-electron chi connectivity index (χ3n) is 2.91. The topological polar surface area (TPSA) is 21.8 Å². The average molecular weight is 206 g/mol. The number of rotatable bonds is 5. The first-order valence-electron chi connectivity index (χ1n) is 5.54. The van der Waals surface area contributed by atoms with Crippen LogP contribution in [0.5, 0.6) is 0 Å². The monoisotopic (exact) mass is 206 g/mol. The molecule has 0 spiro atoms. The molecule has 1 saturated heterocycles. The summed E-state index contributed by atoms with van der Waals surface area (Å²) >= 11 is 0. The molecule has 0 N–H and O–H groups in total. The molecule has 2 atom stereocenters. The van der Waals surface area contributed by atoms with Gasteiger partial charge in [0.1, 0.15) is 5.60 Å². The number of ether oxygens (including phenoxy) is 2. The molecule has 0 radical (unpaired) electrons. The fourth-order valence-electron chi connectivity index (χ4n) is 1.88. The van der Waals surface area contributed by atoms with Gasteiger partial charge in [0.25, 0.3) is 0 Å². The van der Waals surface area contributed by atoms with Crippen molar-refractivity contribution in [2.75, 3.05) is 6.61 Å². The van der Waals surface area contributed by atoms with E-state index in [1.807, 2.05) is 18.2 Å². The van der Waals surface area contributed by atoms with E-state index in [1.54, 1.807) is 0 Å². The lowest BCUT2D eigenvalue weighted by molar-refractivity contribution is 0.0742. The zero-order valence-corrected chi connectivity index (χ0v) is 9.40. The van der Waals surface area contributed by atoms with E-state index in [1.165, 1.54) is 5.56 Å². The first-order chi connectivity index (χ1) is 7.24. The van der Waals surface area contributed by atoms with Gasteiger partial charge in [-0.05, 0) is 18.9 Å². The van der Waals surface area contributed by atoms with Crippen molar-refractivity contribution in [2.45, 2.75) is 38.6 Å². The van der Waals surface area contributed by atoms with Crippen LogP contribution in [0.4, 0.5) is 0 Å². The summed E-state index contributed by atoms with van der Waals surface area (Å²) < 4.78 is 11.2. The molecule has 2 nitrogen and oxygen atoms in total. The van der Waals surface area contributed by atoms with E-state index in [0.717, 1.165) is 6.42 Å². The molecule has 1 aromatic rings. The highest BCUT2D eigenvalue weighted by atomic mass is 16.6. The maximum absolute atomic E-state index is 5.65. The van der Waals surface area contributed by atoms with E-state index >= 15 is 0 Å². The fraction of sp³-hybridized carbons (Fsp3) is 0.538. The second-order valence-electron chi connectivity index (χ2n) is 4.31. The highest BCUT2D eigenvalue weighted by Crippen LogP contribution is 2.38. The molecule has 1 fully saturated rings. The van der Waals surface area contributed by atoms with Crippen molar-refractivity contribution in [2.24, 2.45) is 0 Å². The Labute approximate surface area is 91.2 Å². The maximum Gasteiger partial charge on any atom is 0.115 e. The zero-order chi connectivity index (χ0) is 10.7. The number of epoxide rings is 1. The SMILES string of the molecule is CC[C@@H]1O[C@@]1(C)COCc1ccccc1. The Bertz CT molecular complexity index is 310. The molecule has 82 valence electrons. The highest BCUT2D eigenvalue weighted by Gasteiger charge is 2.50. The van der Waals surface area contributed by atoms with Gasteiger partial charge in [-0.1, -0.05) is 37.3 Å². The molecule has 1 aliphatic heterocycles. The molecule has 0 saturated carbocycles. The summed E-state index contributed by atoms with van der Waals surface area (Å²) in [5.41, 5.74) is 1.19. The Kier molecular flexibility index (Phi) is 3.08. The summed E-state index contributed by atoms with van der Waals surface area (Å²) in [6.07, 6.45) is 1.47. The largest absolute Gasteiger partial charge is 0.374 e. The van der Waals surface area contributed by atoms with Gasteiger partial charge in [-0.2, -0.15) is 0 Å². The van der Waals surface area contributed by atoms with Gasteiger partial charge in [0.05, 0.1) is 19.3 Å². The van der Waals surface area contributed by atoms with Crippen molar-refractivity contribution in [1.29, 1.82) is 0 Å². The third-order valence-corrected chi connectivity index (χ3v) is 2.91. The predicted octanol–water partition coefficient (Wildman–Crippen LogP) is 2.77. The molecule has 15 heavy (non-hydrogen) atoms. The first kappa shape index (κ1) is 10.7. The molecule has 0 bridgehead atoms. The van der Waals surface area contributed by atoms with Gasteiger partial charge in [-0.25, -0.2) is 0 Å². The molecule has 1 aromatic carbocycles. The highest BCUT2D eigenvalue weighted by molar-refractivity contribution is 5.13. The van der Waals surface area contributed by atoms with Crippen LogP contribution >= 0.6 is 0 Å². The maximum atomic E-state index is 5.65. The van der Waals surface area contributed by atoms with E-state index in [2.05, 4.69) is 26.0 Å². The summed E-state index contributed by atoms with van der Waals surface area (Å²) in [5, 5.41) is 0. The van der Waals surface area contributed by atoms with Crippen LogP contribution in [0.3, 0.4) is 0 Å². The first-order valence-corrected chi connectivity index (χ1v) is 5.54. The Morgan fingerprint density at radius 3 is 2.67 bits per heavy atom. The van der Waals surface area contributed by atoms with Crippen LogP contribution in [0, 0.1) is 0 Å². The molecule has 0 unspecified atom stereocenters. The minimum Gasteiger partial charge on any atom is -0.374 e. The molecule has 1 aliphatic rings. The van der Waals surface area contributed by atoms with E-state index in [9.17, 15) is 0 Å². The minimum absolute atomic E-state index is 0.0243. The zero-order valence-electron chi connectivity index (χ0n) is 9.40. The van der Waals surface area contributed by atoms with Crippen LogP contribution in [0.1, 0.15) is 25.8 Å². The van der Waals surface area contributed by atoms with Gasteiger partial charge >= 0.3 is 0 Å². The number of hydrogen-bond acceptors (Lipinski definition) is 2. The van der Waals surface area contributed by atoms with Crippen molar-refractivity contribution in [3.05, 3.63) is 35.9 Å². The quantitative estimate of drug-likeness (QED) is 0.691. The van der Waals surface area contributed by atoms with Crippen LogP contribution in [-0.4, -0.2) is 18.3 Å². The van der Waals surface area contributed by atoms with E-state index < -0.39 is 0 Å². The predicted molar refractivity (Wildman–Crippen MR) is 59.7 cm³/mol. The Balaban J connectivity index is 1.72. The van der Waals surface area contributed by atoms with Crippen LogP contribution in [-0.2, 0) is 16.1 Å². The molecular weight excluding hydrogens is 188 g/mol. The van der Waals surface area contributed by atoms with E-state index in [-0.39, 0.29) is 5.60 Å². The molecule has 0 aromatic heterocycles. The van der Waals surface area contributed by atoms with Gasteiger partial charge in [-0.3, -0.25) is 0 Å². The standard InChI is InChI=1S/C13H18O2/c1-3-12-13(2,15-12)10-14-9-11-7-5-4-6-8-11/h4-8,12H,3,9-10H2,1-2H3/t12-,13-/m0/s1. The third kappa shape index (κ3) is 2.58. The van der Waals surface area contributed by atoms with Gasteiger partial charge in [0, 0.05) is 0 Å². The van der Waals surface area contributed by atoms with Crippen molar-refractivity contribution in [3.8, 4) is 0 Å². The normalized spacial score (nSPS) is 29.1. The number of hydrogen-bond donors (Lipinski definition) is 0. The van der Waals surface area contributed by atoms with Gasteiger partial charge in [0.2, 0.25) is 0 Å². The second kappa shape index (κ2) is 4.33. The van der Waals surface area contributed by atoms with E-state index in [4.69, 9.17) is 9.47 Å². The van der Waals surface area contributed by atoms with Gasteiger partial charge in [0.15, 0.2) is 0 Å². The molecule has 2 heteroatoms. The summed E-state index contributed by atoms with van der Waals surface area (Å²) in [7, 11) is 0. The van der Waals surface area contributed by atoms with Gasteiger partial charge < -0.3 is 9.47 Å². The van der Waals surface area contributed by atoms with Crippen molar-refractivity contribution >= 4 is 0 Å². The molecule has 2 rings (SSSR count). The Morgan fingerprint density at radius 1 is 1.33 bits per heavy atom. The summed E-state index contributed by atoms with van der Waals surface area (Å²) in [5.74, 6) is 0. The lowest BCUT2D eigenvalue weighted by Crippen LogP contribution is -2.18. The second-order valence-corrected chi connectivity index (χ2v) is 4.31. The lowest BCUT2D eigenvalue weighted by atomic mass is 10.1. The molecule has 0 aliphatic carbocycles. The average Bonchev–Trinajstić information content (AvgIpc) is 2.91. The summed E-state index contributed by atoms with van der Waals surface area (Å²) in [4.78, 5) is 0. The van der Waals surface area contributed by atoms with Crippen LogP contribution in [0.2, 0.25) is 0 Å².